The van der Waals surface area contributed by atoms with E-state index < -0.39 is 0 Å². The number of nitrogens with one attached hydrogen (secondary N) is 1. The summed E-state index contributed by atoms with van der Waals surface area (Å²) >= 11 is 0. The Kier molecular flexibility index (Phi) is 7.71. The quantitative estimate of drug-likeness (QED) is 0.717. The van der Waals surface area contributed by atoms with Crippen molar-refractivity contribution in [2.75, 3.05) is 33.4 Å². The molecule has 2 atom stereocenters. The third-order valence-corrected chi connectivity index (χ3v) is 5.44. The van der Waals surface area contributed by atoms with E-state index in [9.17, 15) is 0 Å². The van der Waals surface area contributed by atoms with E-state index in [1.807, 2.05) is 24.3 Å². The normalized spacial score (nSPS) is 17.1. The van der Waals surface area contributed by atoms with Crippen molar-refractivity contribution < 1.29 is 14.2 Å². The highest BCUT2D eigenvalue weighted by Crippen LogP contribution is 2.29. The lowest BCUT2D eigenvalue weighted by Crippen LogP contribution is -2.50. The zero-order valence-electron chi connectivity index (χ0n) is 17.2. The fraction of sp³-hybridized carbons (Fsp3) is 0.478. The molecule has 1 fully saturated rings. The van der Waals surface area contributed by atoms with E-state index in [4.69, 9.17) is 14.2 Å². The highest BCUT2D eigenvalue weighted by atomic mass is 16.5. The smallest absolute Gasteiger partial charge is 0.161 e. The van der Waals surface area contributed by atoms with E-state index >= 15 is 0 Å². The molecule has 152 valence electrons. The molecule has 0 amide bonds. The zero-order chi connectivity index (χ0) is 19.8. The van der Waals surface area contributed by atoms with Crippen LogP contribution in [0.5, 0.6) is 11.5 Å². The summed E-state index contributed by atoms with van der Waals surface area (Å²) in [6.07, 6.45) is 0. The van der Waals surface area contributed by atoms with Gasteiger partial charge in [0.15, 0.2) is 11.5 Å². The fourth-order valence-electron chi connectivity index (χ4n) is 3.43. The Morgan fingerprint density at radius 3 is 2.46 bits per heavy atom. The van der Waals surface area contributed by atoms with Gasteiger partial charge >= 0.3 is 0 Å². The van der Waals surface area contributed by atoms with Gasteiger partial charge in [-0.15, -0.1) is 0 Å². The summed E-state index contributed by atoms with van der Waals surface area (Å²) in [6.45, 7) is 9.53. The molecule has 5 nitrogen and oxygen atoms in total. The van der Waals surface area contributed by atoms with E-state index in [0.29, 0.717) is 18.7 Å². The minimum absolute atomic E-state index is 0.383. The number of rotatable bonds is 9. The summed E-state index contributed by atoms with van der Waals surface area (Å²) < 4.78 is 17.0. The van der Waals surface area contributed by atoms with Crippen LogP contribution in [0, 0.1) is 0 Å². The first-order chi connectivity index (χ1) is 13.7. The molecule has 2 aromatic rings. The van der Waals surface area contributed by atoms with Gasteiger partial charge in [-0.2, -0.15) is 0 Å². The van der Waals surface area contributed by atoms with Gasteiger partial charge in [0.05, 0.1) is 20.3 Å². The molecule has 0 saturated carbocycles. The second-order valence-corrected chi connectivity index (χ2v) is 7.32. The van der Waals surface area contributed by atoms with Crippen molar-refractivity contribution in [1.29, 1.82) is 0 Å². The van der Waals surface area contributed by atoms with Crippen molar-refractivity contribution in [3.05, 3.63) is 59.7 Å². The molecule has 1 heterocycles. The molecule has 1 aliphatic heterocycles. The van der Waals surface area contributed by atoms with Gasteiger partial charge in [-0.1, -0.05) is 36.4 Å². The van der Waals surface area contributed by atoms with Crippen LogP contribution in [0.15, 0.2) is 48.5 Å². The van der Waals surface area contributed by atoms with Crippen LogP contribution in [0.3, 0.4) is 0 Å². The summed E-state index contributed by atoms with van der Waals surface area (Å²) in [5.74, 6) is 1.54. The largest absolute Gasteiger partial charge is 0.493 e. The van der Waals surface area contributed by atoms with Gasteiger partial charge in [0, 0.05) is 31.7 Å². The van der Waals surface area contributed by atoms with E-state index in [1.165, 1.54) is 5.56 Å². The Balaban J connectivity index is 1.57. The standard InChI is InChI=1S/C23H32N2O3/c1-18(19(2)25-11-13-27-14-12-25)24-16-21-9-10-22(26-3)23(15-21)28-17-20-7-5-4-6-8-20/h4-10,15,18-19,24H,11-14,16-17H2,1-3H3. The lowest BCUT2D eigenvalue weighted by molar-refractivity contribution is 0.0135. The number of ether oxygens (including phenoxy) is 3. The molecule has 1 saturated heterocycles. The Morgan fingerprint density at radius 2 is 1.75 bits per heavy atom. The highest BCUT2D eigenvalue weighted by Gasteiger charge is 2.21. The molecule has 1 N–H and O–H groups in total. The van der Waals surface area contributed by atoms with Gasteiger partial charge < -0.3 is 19.5 Å². The predicted molar refractivity (Wildman–Crippen MR) is 112 cm³/mol. The Labute approximate surface area is 168 Å². The molecule has 0 bridgehead atoms. The van der Waals surface area contributed by atoms with E-state index in [2.05, 4.69) is 48.3 Å². The second kappa shape index (κ2) is 10.5. The Morgan fingerprint density at radius 1 is 1.00 bits per heavy atom. The zero-order valence-corrected chi connectivity index (χ0v) is 17.2. The maximum atomic E-state index is 6.03. The number of benzene rings is 2. The molecule has 1 aliphatic rings. The number of methoxy groups -OCH3 is 1. The van der Waals surface area contributed by atoms with Crippen LogP contribution in [0.2, 0.25) is 0 Å². The highest BCUT2D eigenvalue weighted by molar-refractivity contribution is 5.43. The van der Waals surface area contributed by atoms with E-state index in [0.717, 1.165) is 49.9 Å². The van der Waals surface area contributed by atoms with Crippen molar-refractivity contribution in [2.24, 2.45) is 0 Å². The van der Waals surface area contributed by atoms with Crippen molar-refractivity contribution in [3.63, 3.8) is 0 Å². The van der Waals surface area contributed by atoms with Crippen molar-refractivity contribution in [3.8, 4) is 11.5 Å². The number of hydrogen-bond acceptors (Lipinski definition) is 5. The van der Waals surface area contributed by atoms with Gasteiger partial charge in [0.2, 0.25) is 0 Å². The second-order valence-electron chi connectivity index (χ2n) is 7.32. The molecule has 28 heavy (non-hydrogen) atoms. The van der Waals surface area contributed by atoms with Gasteiger partial charge in [0.25, 0.3) is 0 Å². The molecule has 5 heteroatoms. The number of morpholine rings is 1. The average molecular weight is 385 g/mol. The molecule has 0 radical (unpaired) electrons. The SMILES string of the molecule is COc1ccc(CNC(C)C(C)N2CCOCC2)cc1OCc1ccccc1. The van der Waals surface area contributed by atoms with Crippen molar-refractivity contribution in [2.45, 2.75) is 39.1 Å². The van der Waals surface area contributed by atoms with E-state index in [1.54, 1.807) is 7.11 Å². The molecule has 2 aromatic carbocycles. The number of nitrogens with zero attached hydrogens (tertiary/aromatic N) is 1. The lowest BCUT2D eigenvalue weighted by Gasteiger charge is -2.36. The molecule has 0 spiro atoms. The average Bonchev–Trinajstić information content (AvgIpc) is 2.76. The lowest BCUT2D eigenvalue weighted by atomic mass is 10.1. The van der Waals surface area contributed by atoms with Crippen molar-refractivity contribution >= 4 is 0 Å². The van der Waals surface area contributed by atoms with E-state index in [-0.39, 0.29) is 0 Å². The van der Waals surface area contributed by atoms with Gasteiger partial charge in [0.1, 0.15) is 6.61 Å². The maximum absolute atomic E-state index is 6.03. The monoisotopic (exact) mass is 384 g/mol. The first-order valence-corrected chi connectivity index (χ1v) is 10.1. The van der Waals surface area contributed by atoms with Crippen molar-refractivity contribution in [1.82, 2.24) is 10.2 Å². The third kappa shape index (κ3) is 5.71. The summed E-state index contributed by atoms with van der Waals surface area (Å²) in [5.41, 5.74) is 2.32. The summed E-state index contributed by atoms with van der Waals surface area (Å²) in [5, 5.41) is 3.66. The Bertz CT molecular complexity index is 717. The predicted octanol–water partition coefficient (Wildman–Crippen LogP) is 3.47. The van der Waals surface area contributed by atoms with Gasteiger partial charge in [-0.3, -0.25) is 4.90 Å². The minimum atomic E-state index is 0.383. The molecule has 3 rings (SSSR count). The molecule has 0 aromatic heterocycles. The fourth-order valence-corrected chi connectivity index (χ4v) is 3.43. The topological polar surface area (TPSA) is 43.0 Å². The first-order valence-electron chi connectivity index (χ1n) is 10.1. The van der Waals surface area contributed by atoms with Crippen LogP contribution in [0.25, 0.3) is 0 Å². The van der Waals surface area contributed by atoms with Crippen LogP contribution < -0.4 is 14.8 Å². The van der Waals surface area contributed by atoms with Crippen LogP contribution >= 0.6 is 0 Å². The summed E-state index contributed by atoms with van der Waals surface area (Å²) in [4.78, 5) is 2.49. The van der Waals surface area contributed by atoms with Gasteiger partial charge in [-0.05, 0) is 37.1 Å². The molecular weight excluding hydrogens is 352 g/mol. The molecule has 0 aliphatic carbocycles. The Hall–Kier alpha value is -2.08. The molecular formula is C23H32N2O3. The van der Waals surface area contributed by atoms with Crippen LogP contribution in [0.1, 0.15) is 25.0 Å². The first kappa shape index (κ1) is 20.6. The third-order valence-electron chi connectivity index (χ3n) is 5.44. The van der Waals surface area contributed by atoms with Crippen LogP contribution in [0.4, 0.5) is 0 Å². The van der Waals surface area contributed by atoms with Gasteiger partial charge in [-0.25, -0.2) is 0 Å². The minimum Gasteiger partial charge on any atom is -0.493 e. The summed E-state index contributed by atoms with van der Waals surface area (Å²) in [7, 11) is 1.68. The van der Waals surface area contributed by atoms with Crippen LogP contribution in [-0.2, 0) is 17.9 Å². The maximum Gasteiger partial charge on any atom is 0.161 e. The number of hydrogen-bond donors (Lipinski definition) is 1. The summed E-state index contributed by atoms with van der Waals surface area (Å²) in [6, 6.07) is 17.2. The molecule has 2 unspecified atom stereocenters. The van der Waals surface area contributed by atoms with Crippen LogP contribution in [-0.4, -0.2) is 50.4 Å².